The van der Waals surface area contributed by atoms with Crippen LogP contribution < -0.4 is 4.74 Å². The molecule has 0 bridgehead atoms. The maximum Gasteiger partial charge on any atom is 0.449 e. The van der Waals surface area contributed by atoms with Gasteiger partial charge in [0, 0.05) is 0 Å². The predicted molar refractivity (Wildman–Crippen MR) is 84.6 cm³/mol. The topological polar surface area (TPSA) is 71.2 Å². The Morgan fingerprint density at radius 3 is 2.40 bits per heavy atom. The van der Waals surface area contributed by atoms with Crippen molar-refractivity contribution in [1.29, 1.82) is 0 Å². The number of hydrogen-bond acceptors (Lipinski definition) is 3. The molecule has 2 aromatic carbocycles. The molecule has 0 aliphatic heterocycles. The van der Waals surface area contributed by atoms with Crippen molar-refractivity contribution in [2.45, 2.75) is 25.9 Å². The van der Waals surface area contributed by atoms with E-state index in [9.17, 15) is 18.0 Å². The minimum absolute atomic E-state index is 0.0206. The SMILES string of the molecule is CC(C)c1cc(Oc2cccc(C(F)(F)F)c2)ccc1N=NC(=O)O. The molecule has 0 unspecified atom stereocenters. The standard InChI is InChI=1S/C17H15F3N2O3/c1-10(2)14-9-13(6-7-15(14)21-22-16(23)24)25-12-5-3-4-11(8-12)17(18,19)20/h3-10H,1-2H3,(H,23,24). The maximum absolute atomic E-state index is 12.8. The van der Waals surface area contributed by atoms with E-state index in [2.05, 4.69) is 10.2 Å². The van der Waals surface area contributed by atoms with Crippen molar-refractivity contribution >= 4 is 11.8 Å². The number of halogens is 3. The second-order valence-corrected chi connectivity index (χ2v) is 5.49. The predicted octanol–water partition coefficient (Wildman–Crippen LogP) is 6.38. The van der Waals surface area contributed by atoms with Gasteiger partial charge in [0.15, 0.2) is 0 Å². The van der Waals surface area contributed by atoms with Crippen molar-refractivity contribution in [1.82, 2.24) is 0 Å². The van der Waals surface area contributed by atoms with Crippen molar-refractivity contribution in [2.75, 3.05) is 0 Å². The highest BCUT2D eigenvalue weighted by Gasteiger charge is 2.30. The van der Waals surface area contributed by atoms with Crippen LogP contribution in [0.1, 0.15) is 30.9 Å². The summed E-state index contributed by atoms with van der Waals surface area (Å²) in [4.78, 5) is 10.5. The van der Waals surface area contributed by atoms with Crippen LogP contribution in [-0.2, 0) is 6.18 Å². The Balaban J connectivity index is 2.32. The molecule has 2 aromatic rings. The Kier molecular flexibility index (Phi) is 5.41. The minimum Gasteiger partial charge on any atom is -0.462 e. The lowest BCUT2D eigenvalue weighted by molar-refractivity contribution is -0.137. The Morgan fingerprint density at radius 2 is 1.80 bits per heavy atom. The fourth-order valence-electron chi connectivity index (χ4n) is 2.12. The average Bonchev–Trinajstić information content (AvgIpc) is 2.53. The molecule has 0 spiro atoms. The lowest BCUT2D eigenvalue weighted by Gasteiger charge is -2.13. The largest absolute Gasteiger partial charge is 0.462 e. The number of azo groups is 1. The molecule has 0 heterocycles. The van der Waals surface area contributed by atoms with Gasteiger partial charge in [-0.25, -0.2) is 4.79 Å². The van der Waals surface area contributed by atoms with Crippen LogP contribution >= 0.6 is 0 Å². The van der Waals surface area contributed by atoms with E-state index in [0.29, 0.717) is 17.0 Å². The van der Waals surface area contributed by atoms with E-state index in [0.717, 1.165) is 12.1 Å². The van der Waals surface area contributed by atoms with Crippen LogP contribution in [-0.4, -0.2) is 11.2 Å². The molecule has 5 nitrogen and oxygen atoms in total. The highest BCUT2D eigenvalue weighted by atomic mass is 19.4. The van der Waals surface area contributed by atoms with Gasteiger partial charge in [-0.05, 0) is 47.9 Å². The van der Waals surface area contributed by atoms with E-state index in [1.165, 1.54) is 24.3 Å². The van der Waals surface area contributed by atoms with E-state index < -0.39 is 17.8 Å². The van der Waals surface area contributed by atoms with Gasteiger partial charge >= 0.3 is 12.3 Å². The minimum atomic E-state index is -4.45. The third-order valence-electron chi connectivity index (χ3n) is 3.26. The Labute approximate surface area is 141 Å². The van der Waals surface area contributed by atoms with Crippen LogP contribution in [0.3, 0.4) is 0 Å². The summed E-state index contributed by atoms with van der Waals surface area (Å²) in [7, 11) is 0. The molecule has 1 N–H and O–H groups in total. The smallest absolute Gasteiger partial charge is 0.449 e. The second kappa shape index (κ2) is 7.33. The summed E-state index contributed by atoms with van der Waals surface area (Å²) in [6.45, 7) is 3.73. The van der Waals surface area contributed by atoms with Gasteiger partial charge in [0.1, 0.15) is 11.5 Å². The zero-order chi connectivity index (χ0) is 18.6. The average molecular weight is 352 g/mol. The molecule has 25 heavy (non-hydrogen) atoms. The summed E-state index contributed by atoms with van der Waals surface area (Å²) in [5.41, 5.74) is 0.212. The quantitative estimate of drug-likeness (QED) is 0.649. The van der Waals surface area contributed by atoms with Gasteiger partial charge in [0.05, 0.1) is 11.3 Å². The third kappa shape index (κ3) is 5.03. The van der Waals surface area contributed by atoms with Gasteiger partial charge in [-0.1, -0.05) is 25.0 Å². The molecule has 0 aliphatic carbocycles. The van der Waals surface area contributed by atoms with E-state index in [1.807, 2.05) is 13.8 Å². The lowest BCUT2D eigenvalue weighted by Crippen LogP contribution is -2.04. The summed E-state index contributed by atoms with van der Waals surface area (Å²) < 4.78 is 43.8. The van der Waals surface area contributed by atoms with E-state index in [-0.39, 0.29) is 11.7 Å². The van der Waals surface area contributed by atoms with Crippen LogP contribution in [0.5, 0.6) is 11.5 Å². The van der Waals surface area contributed by atoms with Crippen molar-refractivity contribution < 1.29 is 27.8 Å². The number of carboxylic acid groups (broad SMARTS) is 1. The molecule has 0 saturated carbocycles. The fraction of sp³-hybridized carbons (Fsp3) is 0.235. The molecule has 132 valence electrons. The summed E-state index contributed by atoms with van der Waals surface area (Å²) in [6, 6.07) is 9.14. The zero-order valence-corrected chi connectivity index (χ0v) is 13.4. The number of carbonyl (C=O) groups is 1. The molecule has 0 saturated heterocycles. The van der Waals surface area contributed by atoms with Crippen molar-refractivity contribution in [3.05, 3.63) is 53.6 Å². The molecule has 0 fully saturated rings. The Morgan fingerprint density at radius 1 is 1.12 bits per heavy atom. The number of alkyl halides is 3. The summed E-state index contributed by atoms with van der Waals surface area (Å²) in [6.07, 6.45) is -5.87. The molecule has 0 aliphatic rings. The van der Waals surface area contributed by atoms with E-state index in [1.54, 1.807) is 6.07 Å². The van der Waals surface area contributed by atoms with Crippen LogP contribution in [0.4, 0.5) is 23.7 Å². The number of benzene rings is 2. The second-order valence-electron chi connectivity index (χ2n) is 5.49. The van der Waals surface area contributed by atoms with E-state index >= 15 is 0 Å². The van der Waals surface area contributed by atoms with Crippen LogP contribution in [0, 0.1) is 0 Å². The molecular weight excluding hydrogens is 337 g/mol. The van der Waals surface area contributed by atoms with Gasteiger partial charge < -0.3 is 9.84 Å². The van der Waals surface area contributed by atoms with E-state index in [4.69, 9.17) is 9.84 Å². The number of hydrogen-bond donors (Lipinski definition) is 1. The first kappa shape index (κ1) is 18.4. The number of nitrogens with zero attached hydrogens (tertiary/aromatic N) is 2. The van der Waals surface area contributed by atoms with Crippen LogP contribution in [0.15, 0.2) is 52.7 Å². The molecule has 0 radical (unpaired) electrons. The molecule has 0 aromatic heterocycles. The number of ether oxygens (including phenoxy) is 1. The monoisotopic (exact) mass is 352 g/mol. The van der Waals surface area contributed by atoms with Crippen LogP contribution in [0.2, 0.25) is 0 Å². The first-order chi connectivity index (χ1) is 11.7. The molecule has 1 amide bonds. The van der Waals surface area contributed by atoms with Gasteiger partial charge in [0.25, 0.3) is 0 Å². The molecular formula is C17H15F3N2O3. The van der Waals surface area contributed by atoms with Gasteiger partial charge in [-0.3, -0.25) is 0 Å². The molecule has 2 rings (SSSR count). The Bertz CT molecular complexity index is 802. The first-order valence-electron chi connectivity index (χ1n) is 7.30. The first-order valence-corrected chi connectivity index (χ1v) is 7.30. The van der Waals surface area contributed by atoms with Crippen LogP contribution in [0.25, 0.3) is 0 Å². The fourth-order valence-corrected chi connectivity index (χ4v) is 2.12. The van der Waals surface area contributed by atoms with Gasteiger partial charge in [0.2, 0.25) is 0 Å². The highest BCUT2D eigenvalue weighted by Crippen LogP contribution is 2.35. The van der Waals surface area contributed by atoms with Crippen molar-refractivity contribution in [3.8, 4) is 11.5 Å². The zero-order valence-electron chi connectivity index (χ0n) is 13.4. The van der Waals surface area contributed by atoms with Crippen molar-refractivity contribution in [2.24, 2.45) is 10.2 Å². The van der Waals surface area contributed by atoms with Gasteiger partial charge in [-0.15, -0.1) is 5.11 Å². The molecule has 0 atom stereocenters. The van der Waals surface area contributed by atoms with Crippen molar-refractivity contribution in [3.63, 3.8) is 0 Å². The summed E-state index contributed by atoms with van der Waals surface area (Å²) in [5.74, 6) is 0.342. The maximum atomic E-state index is 12.8. The Hall–Kier alpha value is -2.90. The summed E-state index contributed by atoms with van der Waals surface area (Å²) >= 11 is 0. The summed E-state index contributed by atoms with van der Waals surface area (Å²) in [5, 5.41) is 15.3. The van der Waals surface area contributed by atoms with Gasteiger partial charge in [-0.2, -0.15) is 13.2 Å². The lowest BCUT2D eigenvalue weighted by atomic mass is 10.0. The normalized spacial score (nSPS) is 11.9. The third-order valence-corrected chi connectivity index (χ3v) is 3.26. The number of amides is 1. The molecule has 8 heteroatoms. The highest BCUT2D eigenvalue weighted by molar-refractivity contribution is 5.65. The number of rotatable bonds is 4.